The van der Waals surface area contributed by atoms with Gasteiger partial charge < -0.3 is 20.9 Å². The number of nitrogen functional groups attached to an aromatic ring is 1. The van der Waals surface area contributed by atoms with Gasteiger partial charge >= 0.3 is 5.69 Å². The molecule has 0 saturated carbocycles. The van der Waals surface area contributed by atoms with E-state index in [4.69, 9.17) is 28.9 Å². The summed E-state index contributed by atoms with van der Waals surface area (Å²) in [5.74, 6) is 0.324. The molecule has 3 N–H and O–H groups in total. The van der Waals surface area contributed by atoms with Gasteiger partial charge in [-0.1, -0.05) is 35.3 Å². The maximum absolute atomic E-state index is 12.8. The molecule has 1 unspecified atom stereocenters. The van der Waals surface area contributed by atoms with Gasteiger partial charge in [-0.15, -0.1) is 0 Å². The summed E-state index contributed by atoms with van der Waals surface area (Å²) in [6.45, 7) is 0.975. The molecule has 2 aromatic heterocycles. The normalized spacial score (nSPS) is 17.7. The van der Waals surface area contributed by atoms with E-state index in [0.717, 1.165) is 22.2 Å². The molecular weight excluding hydrogens is 465 g/mol. The van der Waals surface area contributed by atoms with Crippen LogP contribution in [0.4, 0.5) is 17.5 Å². The van der Waals surface area contributed by atoms with Crippen LogP contribution in [0.5, 0.6) is 0 Å². The lowest BCUT2D eigenvalue weighted by Crippen LogP contribution is -2.41. The van der Waals surface area contributed by atoms with Gasteiger partial charge in [0.1, 0.15) is 12.4 Å². The number of nitrogens with two attached hydrogens (primary N) is 1. The van der Waals surface area contributed by atoms with Gasteiger partial charge in [0, 0.05) is 23.9 Å². The fraction of sp³-hybridized carbons (Fsp3) is 0.182. The minimum atomic E-state index is -0.666. The highest BCUT2D eigenvalue weighted by Crippen LogP contribution is 2.31. The number of fused-ring (bicyclic) bond motifs is 2. The molecule has 5 rings (SSSR count). The topological polar surface area (TPSA) is 122 Å². The van der Waals surface area contributed by atoms with E-state index < -0.39 is 5.69 Å². The lowest BCUT2D eigenvalue weighted by molar-refractivity contribution is -0.876. The second kappa shape index (κ2) is 7.96. The van der Waals surface area contributed by atoms with E-state index in [2.05, 4.69) is 20.3 Å². The number of benzene rings is 2. The smallest absolute Gasteiger partial charge is 0.355 e. The standard InChI is InChI=1S/C22H19Cl2N7O2/c1-31(33)8-7-12-5-6-14(9-13(12)11-31)27-21-26-10-15-19(25)30(22(32)29-20(15)28-21)18-16(23)3-2-4-17(18)24/h2-6,9-10H,7-8,11,25H2,1H3,(H,27,28,29,32). The number of hydrogen-bond donors (Lipinski definition) is 2. The summed E-state index contributed by atoms with van der Waals surface area (Å²) in [5, 5.41) is 16.4. The van der Waals surface area contributed by atoms with E-state index in [0.29, 0.717) is 18.5 Å². The van der Waals surface area contributed by atoms with E-state index >= 15 is 0 Å². The van der Waals surface area contributed by atoms with Gasteiger partial charge in [-0.25, -0.2) is 14.3 Å². The number of nitrogens with zero attached hydrogens (tertiary/aromatic N) is 5. The van der Waals surface area contributed by atoms with Crippen molar-refractivity contribution < 1.29 is 4.65 Å². The van der Waals surface area contributed by atoms with E-state index in [-0.39, 0.29) is 37.8 Å². The quantitative estimate of drug-likeness (QED) is 0.335. The molecule has 0 saturated heterocycles. The molecule has 3 heterocycles. The number of rotatable bonds is 3. The Bertz CT molecular complexity index is 1450. The van der Waals surface area contributed by atoms with Crippen LogP contribution in [-0.2, 0) is 13.0 Å². The lowest BCUT2D eigenvalue weighted by atomic mass is 9.99. The van der Waals surface area contributed by atoms with Crippen LogP contribution in [0, 0.1) is 5.21 Å². The highest BCUT2D eigenvalue weighted by molar-refractivity contribution is 6.37. The Morgan fingerprint density at radius 2 is 1.91 bits per heavy atom. The summed E-state index contributed by atoms with van der Waals surface area (Å²) in [6.07, 6.45) is 2.23. The molecule has 11 heteroatoms. The van der Waals surface area contributed by atoms with Crippen LogP contribution in [0.1, 0.15) is 11.1 Å². The molecular formula is C22H19Cl2N7O2. The summed E-state index contributed by atoms with van der Waals surface area (Å²) in [6, 6.07) is 10.7. The number of hydroxylamine groups is 3. The summed E-state index contributed by atoms with van der Waals surface area (Å²) in [4.78, 5) is 25.5. The molecule has 9 nitrogen and oxygen atoms in total. The zero-order valence-corrected chi connectivity index (χ0v) is 19.1. The van der Waals surface area contributed by atoms with Gasteiger partial charge in [-0.3, -0.25) is 0 Å². The van der Waals surface area contributed by atoms with E-state index in [1.807, 2.05) is 18.2 Å². The second-order valence-corrected chi connectivity index (χ2v) is 8.97. The van der Waals surface area contributed by atoms with E-state index in [9.17, 15) is 10.0 Å². The lowest BCUT2D eigenvalue weighted by Gasteiger charge is -2.42. The fourth-order valence-corrected chi connectivity index (χ4v) is 4.57. The number of quaternary nitrogens is 1. The van der Waals surface area contributed by atoms with Crippen LogP contribution in [0.3, 0.4) is 0 Å². The molecule has 0 spiro atoms. The molecule has 168 valence electrons. The van der Waals surface area contributed by atoms with Crippen molar-refractivity contribution in [1.82, 2.24) is 19.5 Å². The first kappa shape index (κ1) is 21.6. The Hall–Kier alpha value is -3.24. The van der Waals surface area contributed by atoms with Crippen molar-refractivity contribution in [3.63, 3.8) is 0 Å². The summed E-state index contributed by atoms with van der Waals surface area (Å²) >= 11 is 12.5. The minimum absolute atomic E-state index is 0.0767. The van der Waals surface area contributed by atoms with Crippen molar-refractivity contribution in [2.24, 2.45) is 0 Å². The van der Waals surface area contributed by atoms with Crippen LogP contribution < -0.4 is 16.7 Å². The number of para-hydroxylation sites is 1. The van der Waals surface area contributed by atoms with Crippen molar-refractivity contribution in [2.45, 2.75) is 13.0 Å². The zero-order valence-electron chi connectivity index (χ0n) is 17.5. The first-order valence-electron chi connectivity index (χ1n) is 10.2. The molecule has 1 aliphatic heterocycles. The number of anilines is 3. The first-order valence-corrected chi connectivity index (χ1v) is 10.9. The molecule has 0 amide bonds. The van der Waals surface area contributed by atoms with Gasteiger partial charge in [-0.2, -0.15) is 9.97 Å². The van der Waals surface area contributed by atoms with Crippen LogP contribution >= 0.6 is 23.2 Å². The molecule has 0 fully saturated rings. The highest BCUT2D eigenvalue weighted by Gasteiger charge is 2.21. The average Bonchev–Trinajstić information content (AvgIpc) is 2.74. The van der Waals surface area contributed by atoms with Crippen LogP contribution in [0.15, 0.2) is 47.4 Å². The van der Waals surface area contributed by atoms with Crippen molar-refractivity contribution >= 4 is 51.7 Å². The van der Waals surface area contributed by atoms with Crippen molar-refractivity contribution in [3.05, 3.63) is 79.5 Å². The van der Waals surface area contributed by atoms with Gasteiger partial charge in [-0.05, 0) is 29.8 Å². The van der Waals surface area contributed by atoms with Gasteiger partial charge in [0.2, 0.25) is 5.95 Å². The molecule has 0 aliphatic carbocycles. The third-order valence-corrected chi connectivity index (χ3v) is 6.27. The molecule has 1 atom stereocenters. The van der Waals surface area contributed by atoms with Crippen LogP contribution in [0.2, 0.25) is 10.0 Å². The maximum Gasteiger partial charge on any atom is 0.355 e. The van der Waals surface area contributed by atoms with Gasteiger partial charge in [0.15, 0.2) is 5.65 Å². The highest BCUT2D eigenvalue weighted by atomic mass is 35.5. The van der Waals surface area contributed by atoms with E-state index in [1.54, 1.807) is 25.2 Å². The van der Waals surface area contributed by atoms with Crippen molar-refractivity contribution in [1.29, 1.82) is 0 Å². The van der Waals surface area contributed by atoms with Crippen LogP contribution in [0.25, 0.3) is 16.7 Å². The van der Waals surface area contributed by atoms with Crippen molar-refractivity contribution in [2.75, 3.05) is 24.6 Å². The van der Waals surface area contributed by atoms with Crippen LogP contribution in [-0.4, -0.2) is 37.8 Å². The Morgan fingerprint density at radius 3 is 2.67 bits per heavy atom. The Balaban J connectivity index is 1.52. The molecule has 33 heavy (non-hydrogen) atoms. The molecule has 1 aliphatic rings. The average molecular weight is 484 g/mol. The Kier molecular flexibility index (Phi) is 5.21. The summed E-state index contributed by atoms with van der Waals surface area (Å²) < 4.78 is 0.846. The third kappa shape index (κ3) is 4.00. The predicted octanol–water partition coefficient (Wildman–Crippen LogP) is 3.81. The fourth-order valence-electron chi connectivity index (χ4n) is 4.00. The predicted molar refractivity (Wildman–Crippen MR) is 129 cm³/mol. The monoisotopic (exact) mass is 483 g/mol. The SMILES string of the molecule is C[N+]1([O-])CCc2ccc(Nc3ncc4c(N)n(-c5c(Cl)cccc5Cl)c(=O)nc4n3)cc2C1. The number of likely N-dealkylation sites (N-methyl/N-ethyl adjacent to an activating group) is 1. The van der Waals surface area contributed by atoms with Crippen molar-refractivity contribution in [3.8, 4) is 5.69 Å². The molecule has 4 aromatic rings. The third-order valence-electron chi connectivity index (χ3n) is 5.66. The number of hydrogen-bond acceptors (Lipinski definition) is 7. The number of halogens is 2. The van der Waals surface area contributed by atoms with E-state index in [1.165, 1.54) is 11.8 Å². The number of nitrogens with one attached hydrogen (secondary N) is 1. The zero-order chi connectivity index (χ0) is 23.3. The Morgan fingerprint density at radius 1 is 1.15 bits per heavy atom. The van der Waals surface area contributed by atoms with Gasteiger partial charge in [0.05, 0.1) is 34.7 Å². The largest absolute Gasteiger partial charge is 0.633 e. The molecule has 2 aromatic carbocycles. The summed E-state index contributed by atoms with van der Waals surface area (Å²) in [7, 11) is 1.67. The maximum atomic E-state index is 12.8. The Labute approximate surface area is 198 Å². The molecule has 0 radical (unpaired) electrons. The summed E-state index contributed by atoms with van der Waals surface area (Å²) in [5.41, 5.74) is 8.88. The minimum Gasteiger partial charge on any atom is -0.633 e. The first-order chi connectivity index (χ1) is 15.7. The molecule has 0 bridgehead atoms. The second-order valence-electron chi connectivity index (χ2n) is 8.15. The van der Waals surface area contributed by atoms with Gasteiger partial charge in [0.25, 0.3) is 0 Å². The number of aromatic nitrogens is 4.